The van der Waals surface area contributed by atoms with Gasteiger partial charge < -0.3 is 0 Å². The monoisotopic (exact) mass is 276 g/mol. The first kappa shape index (κ1) is 12.2. The molecule has 15 heavy (non-hydrogen) atoms. The number of amides is 1. The van der Waals surface area contributed by atoms with Gasteiger partial charge in [-0.15, -0.1) is 0 Å². The molecule has 6 heteroatoms. The number of halogens is 1. The van der Waals surface area contributed by atoms with E-state index in [0.717, 1.165) is 19.4 Å². The average molecular weight is 277 g/mol. The van der Waals surface area contributed by atoms with Crippen LogP contribution in [-0.4, -0.2) is 16.0 Å². The number of anilines is 1. The van der Waals surface area contributed by atoms with Crippen molar-refractivity contribution in [3.05, 3.63) is 6.20 Å². The lowest BCUT2D eigenvalue weighted by molar-refractivity contribution is -0.762. The molecule has 0 aliphatic carbocycles. The lowest BCUT2D eigenvalue weighted by atomic mass is 10.3. The van der Waals surface area contributed by atoms with E-state index in [-0.39, 0.29) is 10.7 Å². The summed E-state index contributed by atoms with van der Waals surface area (Å²) in [5, 5.41) is 6.38. The zero-order chi connectivity index (χ0) is 11.3. The topological polar surface area (TPSA) is 59.0 Å². The van der Waals surface area contributed by atoms with E-state index in [2.05, 4.69) is 33.4 Å². The summed E-state index contributed by atoms with van der Waals surface area (Å²) in [5.41, 5.74) is 0. The highest BCUT2D eigenvalue weighted by Gasteiger charge is 2.15. The van der Waals surface area contributed by atoms with E-state index in [1.54, 1.807) is 17.8 Å². The van der Waals surface area contributed by atoms with E-state index in [1.807, 2.05) is 0 Å². The van der Waals surface area contributed by atoms with E-state index in [1.165, 1.54) is 0 Å². The van der Waals surface area contributed by atoms with Gasteiger partial charge in [0.1, 0.15) is 0 Å². The second-order valence-corrected chi connectivity index (χ2v) is 4.66. The molecule has 0 aromatic carbocycles. The molecule has 1 aromatic rings. The Morgan fingerprint density at radius 3 is 3.13 bits per heavy atom. The van der Waals surface area contributed by atoms with Crippen LogP contribution in [0.2, 0.25) is 0 Å². The Morgan fingerprint density at radius 1 is 1.80 bits per heavy atom. The molecule has 0 saturated heterocycles. The van der Waals surface area contributed by atoms with Gasteiger partial charge in [0, 0.05) is 6.42 Å². The van der Waals surface area contributed by atoms with Crippen molar-refractivity contribution in [1.29, 1.82) is 0 Å². The Balaban J connectivity index is 2.49. The highest BCUT2D eigenvalue weighted by Crippen LogP contribution is 2.05. The Morgan fingerprint density at radius 2 is 2.53 bits per heavy atom. The largest absolute Gasteiger partial charge is 0.302 e. The molecule has 84 valence electrons. The normalized spacial score (nSPS) is 12.5. The first-order chi connectivity index (χ1) is 7.13. The van der Waals surface area contributed by atoms with Crippen molar-refractivity contribution in [2.75, 3.05) is 5.32 Å². The van der Waals surface area contributed by atoms with Gasteiger partial charge in [-0.3, -0.25) is 14.6 Å². The van der Waals surface area contributed by atoms with Gasteiger partial charge in [-0.2, -0.15) is 0 Å². The molecule has 0 aliphatic rings. The zero-order valence-electron chi connectivity index (χ0n) is 8.86. The van der Waals surface area contributed by atoms with E-state index >= 15 is 0 Å². The Bertz CT molecular complexity index is 325. The van der Waals surface area contributed by atoms with Crippen molar-refractivity contribution >= 4 is 27.7 Å². The highest BCUT2D eigenvalue weighted by atomic mass is 79.9. The van der Waals surface area contributed by atoms with Gasteiger partial charge in [0.2, 0.25) is 11.2 Å². The molecule has 0 radical (unpaired) electrons. The fourth-order valence-electron chi connectivity index (χ4n) is 0.980. The highest BCUT2D eigenvalue weighted by molar-refractivity contribution is 9.10. The lowest BCUT2D eigenvalue weighted by Crippen LogP contribution is -2.34. The van der Waals surface area contributed by atoms with E-state index in [4.69, 9.17) is 4.52 Å². The van der Waals surface area contributed by atoms with Gasteiger partial charge in [-0.05, 0) is 6.92 Å². The van der Waals surface area contributed by atoms with Crippen LogP contribution in [0.3, 0.4) is 0 Å². The Hall–Kier alpha value is -0.910. The van der Waals surface area contributed by atoms with Crippen LogP contribution in [0.1, 0.15) is 26.7 Å². The number of unbranched alkanes of at least 4 members (excludes halogenated alkanes) is 1. The number of nitrogens with one attached hydrogen (secondary N) is 1. The molecule has 1 rings (SSSR count). The van der Waals surface area contributed by atoms with Crippen LogP contribution in [0.15, 0.2) is 10.7 Å². The van der Waals surface area contributed by atoms with E-state index in [0.29, 0.717) is 5.88 Å². The Kier molecular flexibility index (Phi) is 4.74. The van der Waals surface area contributed by atoms with Crippen molar-refractivity contribution in [2.24, 2.45) is 0 Å². The summed E-state index contributed by atoms with van der Waals surface area (Å²) in [6.45, 7) is 4.66. The van der Waals surface area contributed by atoms with Gasteiger partial charge >= 0.3 is 5.88 Å². The van der Waals surface area contributed by atoms with Crippen LogP contribution in [0.5, 0.6) is 0 Å². The molecule has 1 aromatic heterocycles. The molecular weight excluding hydrogens is 262 g/mol. The second kappa shape index (κ2) is 5.85. The number of carbonyl (C=O) groups excluding carboxylic acids is 1. The number of hydrogen-bond donors (Lipinski definition) is 1. The third-order valence-corrected chi connectivity index (χ3v) is 2.27. The van der Waals surface area contributed by atoms with Crippen molar-refractivity contribution in [2.45, 2.75) is 38.1 Å². The van der Waals surface area contributed by atoms with Crippen LogP contribution in [0.25, 0.3) is 0 Å². The minimum atomic E-state index is -0.244. The molecular formula is C9H15BrN3O2+. The fraction of sp³-hybridized carbons (Fsp3) is 0.667. The van der Waals surface area contributed by atoms with E-state index in [9.17, 15) is 4.79 Å². The molecule has 0 fully saturated rings. The smallest absolute Gasteiger partial charge is 0.288 e. The first-order valence-corrected chi connectivity index (χ1v) is 5.86. The molecule has 1 unspecified atom stereocenters. The minimum Gasteiger partial charge on any atom is -0.288 e. The summed E-state index contributed by atoms with van der Waals surface area (Å²) in [6, 6.07) is 0. The summed E-state index contributed by atoms with van der Waals surface area (Å²) in [6.07, 6.45) is 3.82. The molecule has 1 amide bonds. The fourth-order valence-corrected chi connectivity index (χ4v) is 1.09. The van der Waals surface area contributed by atoms with Crippen molar-refractivity contribution < 1.29 is 14.0 Å². The number of rotatable bonds is 5. The molecule has 1 atom stereocenters. The quantitative estimate of drug-likeness (QED) is 0.655. The number of alkyl halides is 1. The third kappa shape index (κ3) is 3.99. The number of aromatic nitrogens is 2. The van der Waals surface area contributed by atoms with Gasteiger partial charge in [0.05, 0.1) is 4.83 Å². The van der Waals surface area contributed by atoms with Crippen LogP contribution >= 0.6 is 15.9 Å². The van der Waals surface area contributed by atoms with Crippen molar-refractivity contribution in [1.82, 2.24) is 5.27 Å². The van der Waals surface area contributed by atoms with Gasteiger partial charge in [-0.25, -0.2) is 0 Å². The predicted molar refractivity (Wildman–Crippen MR) is 58.6 cm³/mol. The van der Waals surface area contributed by atoms with Crippen molar-refractivity contribution in [3.63, 3.8) is 0 Å². The van der Waals surface area contributed by atoms with Gasteiger partial charge in [0.15, 0.2) is 6.54 Å². The number of aryl methyl sites for hydroxylation is 1. The Labute approximate surface area is 96.9 Å². The summed E-state index contributed by atoms with van der Waals surface area (Å²) in [4.78, 5) is 11.0. The van der Waals surface area contributed by atoms with Crippen LogP contribution in [0.4, 0.5) is 5.88 Å². The second-order valence-electron chi connectivity index (χ2n) is 3.29. The molecule has 0 bridgehead atoms. The van der Waals surface area contributed by atoms with Crippen LogP contribution in [0, 0.1) is 0 Å². The molecule has 0 saturated carbocycles. The SMILES string of the molecule is CCCC[n+]1cc(NC(=O)C(C)Br)on1. The zero-order valence-corrected chi connectivity index (χ0v) is 10.5. The van der Waals surface area contributed by atoms with Crippen LogP contribution in [-0.2, 0) is 11.3 Å². The minimum absolute atomic E-state index is 0.145. The third-order valence-electron chi connectivity index (χ3n) is 1.86. The maximum atomic E-state index is 11.3. The summed E-state index contributed by atoms with van der Waals surface area (Å²) < 4.78 is 6.62. The average Bonchev–Trinajstić information content (AvgIpc) is 2.62. The predicted octanol–water partition coefficient (Wildman–Crippen LogP) is 1.48. The molecule has 5 nitrogen and oxygen atoms in total. The lowest BCUT2D eigenvalue weighted by Gasteiger charge is -1.99. The van der Waals surface area contributed by atoms with Gasteiger partial charge in [-0.1, -0.05) is 34.0 Å². The standard InChI is InChI=1S/C9H14BrN3O2/c1-3-4-5-13-6-8(15-12-13)11-9(14)7(2)10/h6-7H,3-5H2,1-2H3/p+1. The molecule has 0 spiro atoms. The molecule has 0 aliphatic heterocycles. The summed E-state index contributed by atoms with van der Waals surface area (Å²) in [5.74, 6) is 0.233. The molecule has 1 N–H and O–H groups in total. The van der Waals surface area contributed by atoms with Crippen molar-refractivity contribution in [3.8, 4) is 0 Å². The number of hydrogen-bond acceptors (Lipinski definition) is 3. The summed E-state index contributed by atoms with van der Waals surface area (Å²) >= 11 is 3.17. The first-order valence-electron chi connectivity index (χ1n) is 4.95. The molecule has 1 heterocycles. The maximum Gasteiger partial charge on any atom is 0.302 e. The number of nitrogens with zero attached hydrogens (tertiary/aromatic N) is 2. The van der Waals surface area contributed by atoms with E-state index < -0.39 is 0 Å². The maximum absolute atomic E-state index is 11.3. The number of carbonyl (C=O) groups is 1. The van der Waals surface area contributed by atoms with Gasteiger partial charge in [0.25, 0.3) is 6.20 Å². The summed E-state index contributed by atoms with van der Waals surface area (Å²) in [7, 11) is 0. The van der Waals surface area contributed by atoms with Crippen LogP contribution < -0.4 is 10.00 Å².